The highest BCUT2D eigenvalue weighted by atomic mass is 35.5. The van der Waals surface area contributed by atoms with Gasteiger partial charge in [0.15, 0.2) is 18.4 Å². The SMILES string of the molecule is N#CC1(Cn2ccc3cc(Cl)cc(-c4ccnc5cc(CN6C(O)C(F)=CN(CC7CC7)C6O)sc45)c32)CCNCC1. The van der Waals surface area contributed by atoms with Gasteiger partial charge in [-0.2, -0.15) is 5.26 Å². The van der Waals surface area contributed by atoms with Gasteiger partial charge in [0.05, 0.1) is 27.2 Å². The Hall–Kier alpha value is -3.04. The van der Waals surface area contributed by atoms with Crippen LogP contribution in [0.15, 0.2) is 54.8 Å². The molecular formula is C31H32ClFN6O2S. The Balaban J connectivity index is 1.26. The van der Waals surface area contributed by atoms with Crippen LogP contribution in [0.5, 0.6) is 0 Å². The highest BCUT2D eigenvalue weighted by Crippen LogP contribution is 2.41. The van der Waals surface area contributed by atoms with Crippen molar-refractivity contribution in [2.45, 2.75) is 51.4 Å². The molecule has 0 bridgehead atoms. The van der Waals surface area contributed by atoms with Gasteiger partial charge in [-0.25, -0.2) is 9.29 Å². The zero-order chi connectivity index (χ0) is 29.0. The number of nitrogens with zero attached hydrogens (tertiary/aromatic N) is 5. The van der Waals surface area contributed by atoms with Crippen molar-refractivity contribution in [1.29, 1.82) is 5.26 Å². The third-order valence-corrected chi connectivity index (χ3v) is 10.2. The van der Waals surface area contributed by atoms with E-state index >= 15 is 0 Å². The van der Waals surface area contributed by atoms with Crippen molar-refractivity contribution in [2.75, 3.05) is 19.6 Å². The summed E-state index contributed by atoms with van der Waals surface area (Å²) in [6.45, 7) is 2.96. The Morgan fingerprint density at radius 2 is 1.98 bits per heavy atom. The minimum absolute atomic E-state index is 0.158. The van der Waals surface area contributed by atoms with Crippen molar-refractivity contribution in [2.24, 2.45) is 11.3 Å². The van der Waals surface area contributed by atoms with Gasteiger partial charge in [0.1, 0.15) is 0 Å². The van der Waals surface area contributed by atoms with E-state index in [4.69, 9.17) is 11.6 Å². The van der Waals surface area contributed by atoms with Gasteiger partial charge in [0, 0.05) is 64.6 Å². The molecule has 0 amide bonds. The van der Waals surface area contributed by atoms with Gasteiger partial charge in [-0.1, -0.05) is 11.6 Å². The van der Waals surface area contributed by atoms with E-state index in [1.807, 2.05) is 36.5 Å². The lowest BCUT2D eigenvalue weighted by Crippen LogP contribution is -2.54. The molecule has 2 aliphatic heterocycles. The molecule has 1 aromatic carbocycles. The summed E-state index contributed by atoms with van der Waals surface area (Å²) in [5, 5.41) is 36.8. The standard InChI is InChI=1S/C31H32ClFN6O2S/c32-21-11-20-4-10-37(18-31(17-34)5-8-35-9-6-31)27(20)24(12-21)23-3-7-36-26-13-22(42-28(23)26)15-39-29(40)25(33)16-38(30(39)41)14-19-1-2-19/h3-4,7,10-13,16,19,29-30,35,40-41H,1-2,5-6,8-9,14-15,18H2. The van der Waals surface area contributed by atoms with Gasteiger partial charge in [-0.05, 0) is 75.0 Å². The normalized spacial score (nSPS) is 22.9. The summed E-state index contributed by atoms with van der Waals surface area (Å²) in [5.41, 5.74) is 3.26. The van der Waals surface area contributed by atoms with E-state index in [0.29, 0.717) is 24.0 Å². The summed E-state index contributed by atoms with van der Waals surface area (Å²) < 4.78 is 17.8. The fourth-order valence-corrected chi connectivity index (χ4v) is 7.70. The van der Waals surface area contributed by atoms with Crippen LogP contribution >= 0.6 is 22.9 Å². The lowest BCUT2D eigenvalue weighted by Gasteiger charge is -2.41. The van der Waals surface area contributed by atoms with Crippen LogP contribution in [0.25, 0.3) is 32.2 Å². The fourth-order valence-electron chi connectivity index (χ4n) is 6.32. The predicted octanol–water partition coefficient (Wildman–Crippen LogP) is 5.40. The van der Waals surface area contributed by atoms with E-state index in [1.165, 1.54) is 22.4 Å². The Morgan fingerprint density at radius 3 is 2.74 bits per heavy atom. The second-order valence-corrected chi connectivity index (χ2v) is 13.4. The number of halogens is 2. The number of hydrogen-bond acceptors (Lipinski definition) is 8. The number of nitriles is 1. The highest BCUT2D eigenvalue weighted by molar-refractivity contribution is 7.19. The van der Waals surface area contributed by atoms with Crippen LogP contribution < -0.4 is 5.32 Å². The van der Waals surface area contributed by atoms with Crippen LogP contribution in [0.2, 0.25) is 5.02 Å². The number of benzene rings is 1. The zero-order valence-corrected chi connectivity index (χ0v) is 24.6. The van der Waals surface area contributed by atoms with Crippen LogP contribution in [0.1, 0.15) is 30.6 Å². The van der Waals surface area contributed by atoms with Gasteiger partial charge < -0.3 is 25.0 Å². The van der Waals surface area contributed by atoms with Gasteiger partial charge in [-0.3, -0.25) is 4.98 Å². The van der Waals surface area contributed by atoms with Crippen molar-refractivity contribution >= 4 is 44.1 Å². The first-order chi connectivity index (χ1) is 20.3. The fraction of sp³-hybridized carbons (Fsp3) is 0.419. The number of rotatable bonds is 7. The van der Waals surface area contributed by atoms with Gasteiger partial charge in [-0.15, -0.1) is 11.3 Å². The molecule has 8 nitrogen and oxygen atoms in total. The zero-order valence-electron chi connectivity index (χ0n) is 23.0. The second kappa shape index (κ2) is 10.9. The summed E-state index contributed by atoms with van der Waals surface area (Å²) >= 11 is 8.13. The molecule has 2 fully saturated rings. The van der Waals surface area contributed by atoms with Gasteiger partial charge >= 0.3 is 0 Å². The summed E-state index contributed by atoms with van der Waals surface area (Å²) in [6.07, 6.45) is 6.11. The Labute approximate surface area is 252 Å². The molecule has 1 saturated heterocycles. The van der Waals surface area contributed by atoms with Crippen LogP contribution in [-0.4, -0.2) is 61.8 Å². The molecule has 1 aliphatic carbocycles. The van der Waals surface area contributed by atoms with Gasteiger partial charge in [0.25, 0.3) is 0 Å². The van der Waals surface area contributed by atoms with Crippen molar-refractivity contribution in [1.82, 2.24) is 24.7 Å². The van der Waals surface area contributed by atoms with Crippen LogP contribution in [0.4, 0.5) is 4.39 Å². The molecule has 1 saturated carbocycles. The molecule has 2 unspecified atom stereocenters. The quantitative estimate of drug-likeness (QED) is 0.259. The molecule has 3 aromatic heterocycles. The van der Waals surface area contributed by atoms with Crippen LogP contribution in [-0.2, 0) is 13.1 Å². The maximum atomic E-state index is 14.7. The molecular weight excluding hydrogens is 575 g/mol. The molecule has 2 atom stereocenters. The average molecular weight is 607 g/mol. The smallest absolute Gasteiger partial charge is 0.188 e. The number of aliphatic hydroxyl groups is 2. The molecule has 11 heteroatoms. The van der Waals surface area contributed by atoms with Crippen molar-refractivity contribution < 1.29 is 14.6 Å². The first-order valence-electron chi connectivity index (χ1n) is 14.4. The molecule has 0 spiro atoms. The summed E-state index contributed by atoms with van der Waals surface area (Å²) in [6, 6.07) is 12.5. The third kappa shape index (κ3) is 5.08. The molecule has 4 aromatic rings. The summed E-state index contributed by atoms with van der Waals surface area (Å²) in [7, 11) is 0. The Kier molecular flexibility index (Phi) is 7.21. The maximum Gasteiger partial charge on any atom is 0.188 e. The van der Waals surface area contributed by atoms with E-state index in [9.17, 15) is 19.9 Å². The third-order valence-electron chi connectivity index (χ3n) is 8.80. The number of hydrogen-bond donors (Lipinski definition) is 3. The Bertz CT molecular complexity index is 1720. The second-order valence-electron chi connectivity index (χ2n) is 11.8. The number of aliphatic hydroxyl groups excluding tert-OH is 2. The van der Waals surface area contributed by atoms with Gasteiger partial charge in [0.2, 0.25) is 0 Å². The predicted molar refractivity (Wildman–Crippen MR) is 162 cm³/mol. The monoisotopic (exact) mass is 606 g/mol. The number of thiophene rings is 1. The van der Waals surface area contributed by atoms with E-state index in [0.717, 1.165) is 75.9 Å². The molecule has 0 radical (unpaired) electrons. The number of fused-ring (bicyclic) bond motifs is 2. The molecule has 5 heterocycles. The van der Waals surface area contributed by atoms with E-state index in [1.54, 1.807) is 11.1 Å². The maximum absolute atomic E-state index is 14.7. The molecule has 3 N–H and O–H groups in total. The largest absolute Gasteiger partial charge is 0.371 e. The molecule has 3 aliphatic rings. The van der Waals surface area contributed by atoms with Crippen molar-refractivity contribution in [3.05, 3.63) is 64.7 Å². The number of nitrogens with one attached hydrogen (secondary N) is 1. The summed E-state index contributed by atoms with van der Waals surface area (Å²) in [5.74, 6) is -0.227. The van der Waals surface area contributed by atoms with E-state index in [-0.39, 0.29) is 6.54 Å². The lowest BCUT2D eigenvalue weighted by atomic mass is 9.80. The number of piperidine rings is 1. The molecule has 218 valence electrons. The van der Waals surface area contributed by atoms with Crippen LogP contribution in [0.3, 0.4) is 0 Å². The highest BCUT2D eigenvalue weighted by Gasteiger charge is 2.38. The van der Waals surface area contributed by atoms with Crippen LogP contribution in [0, 0.1) is 22.7 Å². The Morgan fingerprint density at radius 1 is 1.17 bits per heavy atom. The van der Waals surface area contributed by atoms with E-state index in [2.05, 4.69) is 20.9 Å². The average Bonchev–Trinajstić information content (AvgIpc) is 3.57. The first-order valence-corrected chi connectivity index (χ1v) is 15.6. The topological polar surface area (TPSA) is 101 Å². The number of aromatic nitrogens is 2. The van der Waals surface area contributed by atoms with E-state index < -0.39 is 23.8 Å². The molecule has 42 heavy (non-hydrogen) atoms. The van der Waals surface area contributed by atoms with Crippen molar-refractivity contribution in [3.63, 3.8) is 0 Å². The minimum atomic E-state index is -1.52. The molecule has 7 rings (SSSR count). The lowest BCUT2D eigenvalue weighted by molar-refractivity contribution is -0.172. The van der Waals surface area contributed by atoms with Crippen molar-refractivity contribution in [3.8, 4) is 17.2 Å². The summed E-state index contributed by atoms with van der Waals surface area (Å²) in [4.78, 5) is 8.39. The number of pyridine rings is 1. The first kappa shape index (κ1) is 27.8. The minimum Gasteiger partial charge on any atom is -0.371 e.